The zero-order chi connectivity index (χ0) is 13.1. The van der Waals surface area contributed by atoms with Crippen LogP contribution in [0.5, 0.6) is 0 Å². The zero-order valence-corrected chi connectivity index (χ0v) is 10.9. The molecule has 0 aliphatic carbocycles. The van der Waals surface area contributed by atoms with Crippen LogP contribution in [-0.2, 0) is 0 Å². The lowest BCUT2D eigenvalue weighted by molar-refractivity contribution is -0.384. The molecule has 0 amide bonds. The highest BCUT2D eigenvalue weighted by Gasteiger charge is 2.21. The van der Waals surface area contributed by atoms with E-state index in [0.29, 0.717) is 6.04 Å². The Morgan fingerprint density at radius 3 is 2.56 bits per heavy atom. The van der Waals surface area contributed by atoms with Crippen molar-refractivity contribution in [1.29, 1.82) is 0 Å². The molecule has 0 spiro atoms. The molecule has 5 heteroatoms. The normalized spacial score (nSPS) is 17.2. The summed E-state index contributed by atoms with van der Waals surface area (Å²) in [6.07, 6.45) is 2.21. The molecule has 0 atom stereocenters. The summed E-state index contributed by atoms with van der Waals surface area (Å²) < 4.78 is 0. The molecule has 1 aliphatic heterocycles. The molecule has 98 valence electrons. The fourth-order valence-corrected chi connectivity index (χ4v) is 2.44. The fraction of sp³-hybridized carbons (Fsp3) is 0.538. The predicted octanol–water partition coefficient (Wildman–Crippen LogP) is 2.13. The SMILES string of the molecule is CN(C)C1CCN(c2cccc([N+](=O)[O-])c2)CC1. The van der Waals surface area contributed by atoms with Crippen LogP contribution in [0.3, 0.4) is 0 Å². The first-order valence-electron chi connectivity index (χ1n) is 6.24. The Kier molecular flexibility index (Phi) is 3.81. The van der Waals surface area contributed by atoms with Gasteiger partial charge in [-0.25, -0.2) is 0 Å². The van der Waals surface area contributed by atoms with Crippen LogP contribution < -0.4 is 4.90 Å². The van der Waals surface area contributed by atoms with E-state index in [9.17, 15) is 10.1 Å². The summed E-state index contributed by atoms with van der Waals surface area (Å²) >= 11 is 0. The minimum atomic E-state index is -0.337. The van der Waals surface area contributed by atoms with E-state index in [2.05, 4.69) is 23.9 Å². The van der Waals surface area contributed by atoms with E-state index >= 15 is 0 Å². The summed E-state index contributed by atoms with van der Waals surface area (Å²) in [7, 11) is 4.21. The van der Waals surface area contributed by atoms with Crippen molar-refractivity contribution in [3.05, 3.63) is 34.4 Å². The number of piperidine rings is 1. The average Bonchev–Trinajstić information content (AvgIpc) is 2.39. The molecule has 1 fully saturated rings. The van der Waals surface area contributed by atoms with Crippen molar-refractivity contribution < 1.29 is 4.92 Å². The van der Waals surface area contributed by atoms with Crippen LogP contribution in [0.1, 0.15) is 12.8 Å². The molecule has 1 aliphatic rings. The summed E-state index contributed by atoms with van der Waals surface area (Å²) in [6.45, 7) is 1.92. The van der Waals surface area contributed by atoms with Crippen LogP contribution in [0.25, 0.3) is 0 Å². The minimum absolute atomic E-state index is 0.169. The number of non-ortho nitro benzene ring substituents is 1. The Morgan fingerprint density at radius 1 is 1.33 bits per heavy atom. The lowest BCUT2D eigenvalue weighted by atomic mass is 10.0. The van der Waals surface area contributed by atoms with Crippen LogP contribution >= 0.6 is 0 Å². The van der Waals surface area contributed by atoms with Crippen LogP contribution in [0, 0.1) is 10.1 Å². The van der Waals surface area contributed by atoms with Crippen molar-refractivity contribution in [2.45, 2.75) is 18.9 Å². The highest BCUT2D eigenvalue weighted by atomic mass is 16.6. The van der Waals surface area contributed by atoms with E-state index in [-0.39, 0.29) is 10.6 Å². The predicted molar refractivity (Wildman–Crippen MR) is 72.0 cm³/mol. The van der Waals surface area contributed by atoms with Gasteiger partial charge in [0.15, 0.2) is 0 Å². The Hall–Kier alpha value is -1.62. The van der Waals surface area contributed by atoms with Gasteiger partial charge in [0, 0.05) is 37.0 Å². The zero-order valence-electron chi connectivity index (χ0n) is 10.9. The van der Waals surface area contributed by atoms with Crippen molar-refractivity contribution in [3.63, 3.8) is 0 Å². The minimum Gasteiger partial charge on any atom is -0.371 e. The van der Waals surface area contributed by atoms with Crippen molar-refractivity contribution in [3.8, 4) is 0 Å². The van der Waals surface area contributed by atoms with Crippen LogP contribution in [0.15, 0.2) is 24.3 Å². The van der Waals surface area contributed by atoms with Gasteiger partial charge >= 0.3 is 0 Å². The van der Waals surface area contributed by atoms with Crippen molar-refractivity contribution >= 4 is 11.4 Å². The van der Waals surface area contributed by atoms with Gasteiger partial charge in [0.25, 0.3) is 5.69 Å². The highest BCUT2D eigenvalue weighted by molar-refractivity contribution is 5.53. The number of nitro groups is 1. The number of benzene rings is 1. The van der Waals surface area contributed by atoms with Crippen LogP contribution in [0.2, 0.25) is 0 Å². The number of nitrogens with zero attached hydrogens (tertiary/aromatic N) is 3. The molecule has 2 rings (SSSR count). The molecule has 1 saturated heterocycles. The van der Waals surface area contributed by atoms with Crippen molar-refractivity contribution in [1.82, 2.24) is 4.90 Å². The van der Waals surface area contributed by atoms with Gasteiger partial charge in [-0.15, -0.1) is 0 Å². The average molecular weight is 249 g/mol. The quantitative estimate of drug-likeness (QED) is 0.608. The molecule has 0 unspecified atom stereocenters. The molecule has 1 aromatic carbocycles. The van der Waals surface area contributed by atoms with Gasteiger partial charge in [0.05, 0.1) is 4.92 Å². The number of hydrogen-bond acceptors (Lipinski definition) is 4. The molecule has 0 radical (unpaired) electrons. The molecule has 5 nitrogen and oxygen atoms in total. The Labute approximate surface area is 107 Å². The second kappa shape index (κ2) is 5.35. The fourth-order valence-electron chi connectivity index (χ4n) is 2.44. The van der Waals surface area contributed by atoms with Crippen molar-refractivity contribution in [2.75, 3.05) is 32.1 Å². The molecule has 1 heterocycles. The van der Waals surface area contributed by atoms with Gasteiger partial charge in [0.2, 0.25) is 0 Å². The van der Waals surface area contributed by atoms with Gasteiger partial charge in [-0.2, -0.15) is 0 Å². The maximum Gasteiger partial charge on any atom is 0.271 e. The van der Waals surface area contributed by atoms with E-state index < -0.39 is 0 Å². The summed E-state index contributed by atoms with van der Waals surface area (Å²) in [5.74, 6) is 0. The number of hydrogen-bond donors (Lipinski definition) is 0. The van der Waals surface area contributed by atoms with Gasteiger partial charge in [-0.05, 0) is 33.0 Å². The number of rotatable bonds is 3. The standard InChI is InChI=1S/C13H19N3O2/c1-14(2)11-6-8-15(9-7-11)12-4-3-5-13(10-12)16(17)18/h3-5,10-11H,6-9H2,1-2H3. The molecule has 0 aromatic heterocycles. The lowest BCUT2D eigenvalue weighted by Crippen LogP contribution is -2.41. The first kappa shape index (κ1) is 12.8. The van der Waals surface area contributed by atoms with Gasteiger partial charge in [-0.3, -0.25) is 10.1 Å². The first-order chi connectivity index (χ1) is 8.58. The number of anilines is 1. The van der Waals surface area contributed by atoms with E-state index in [1.165, 1.54) is 6.07 Å². The molecule has 0 N–H and O–H groups in total. The van der Waals surface area contributed by atoms with E-state index in [4.69, 9.17) is 0 Å². The second-order valence-electron chi connectivity index (χ2n) is 4.96. The monoisotopic (exact) mass is 249 g/mol. The Morgan fingerprint density at radius 2 is 2.00 bits per heavy atom. The third kappa shape index (κ3) is 2.79. The summed E-state index contributed by atoms with van der Waals surface area (Å²) in [6, 6.07) is 7.53. The van der Waals surface area contributed by atoms with Gasteiger partial charge in [0.1, 0.15) is 0 Å². The smallest absolute Gasteiger partial charge is 0.271 e. The van der Waals surface area contributed by atoms with Crippen LogP contribution in [0.4, 0.5) is 11.4 Å². The third-order valence-corrected chi connectivity index (χ3v) is 3.60. The summed E-state index contributed by atoms with van der Waals surface area (Å²) in [5.41, 5.74) is 1.13. The Balaban J connectivity index is 2.05. The summed E-state index contributed by atoms with van der Waals surface area (Å²) in [5, 5.41) is 10.8. The van der Waals surface area contributed by atoms with Crippen LogP contribution in [-0.4, -0.2) is 43.0 Å². The summed E-state index contributed by atoms with van der Waals surface area (Å²) in [4.78, 5) is 14.9. The molecule has 18 heavy (non-hydrogen) atoms. The first-order valence-corrected chi connectivity index (χ1v) is 6.24. The lowest BCUT2D eigenvalue weighted by Gasteiger charge is -2.36. The van der Waals surface area contributed by atoms with E-state index in [1.807, 2.05) is 6.07 Å². The second-order valence-corrected chi connectivity index (χ2v) is 4.96. The molecular formula is C13H19N3O2. The largest absolute Gasteiger partial charge is 0.371 e. The van der Waals surface area contributed by atoms with E-state index in [0.717, 1.165) is 31.6 Å². The molecule has 0 bridgehead atoms. The molecule has 1 aromatic rings. The molecule has 0 saturated carbocycles. The third-order valence-electron chi connectivity index (χ3n) is 3.60. The van der Waals surface area contributed by atoms with Crippen molar-refractivity contribution in [2.24, 2.45) is 0 Å². The molecular weight excluding hydrogens is 230 g/mol. The maximum absolute atomic E-state index is 10.8. The Bertz CT molecular complexity index is 426. The van der Waals surface area contributed by atoms with E-state index in [1.54, 1.807) is 12.1 Å². The highest BCUT2D eigenvalue weighted by Crippen LogP contribution is 2.25. The number of nitro benzene ring substituents is 1. The maximum atomic E-state index is 10.8. The topological polar surface area (TPSA) is 49.6 Å². The van der Waals surface area contributed by atoms with Gasteiger partial charge in [-0.1, -0.05) is 6.07 Å². The van der Waals surface area contributed by atoms with Gasteiger partial charge < -0.3 is 9.80 Å².